The molecule has 2 aromatic carbocycles. The Morgan fingerprint density at radius 2 is 1.82 bits per heavy atom. The highest BCUT2D eigenvalue weighted by molar-refractivity contribution is 7.89. The van der Waals surface area contributed by atoms with Crippen molar-refractivity contribution in [3.63, 3.8) is 0 Å². The van der Waals surface area contributed by atoms with Crippen LogP contribution in [0.3, 0.4) is 0 Å². The lowest BCUT2D eigenvalue weighted by Gasteiger charge is -2.35. The average Bonchev–Trinajstić information content (AvgIpc) is 2.83. The summed E-state index contributed by atoms with van der Waals surface area (Å²) in [6.07, 6.45) is -0.112. The van der Waals surface area contributed by atoms with Crippen molar-refractivity contribution < 1.29 is 32.5 Å². The van der Waals surface area contributed by atoms with Crippen LogP contribution in [-0.2, 0) is 26.1 Å². The Hall–Kier alpha value is -2.66. The molecule has 1 amide bonds. The first kappa shape index (κ1) is 25.0. The number of ether oxygens (including phenoxy) is 3. The predicted octanol–water partition coefficient (Wildman–Crippen LogP) is 1.60. The number of carbonyl (C=O) groups is 1. The minimum Gasteiger partial charge on any atom is -0.497 e. The van der Waals surface area contributed by atoms with E-state index in [0.29, 0.717) is 25.1 Å². The monoisotopic (exact) mass is 478 g/mol. The Kier molecular flexibility index (Phi) is 8.67. The molecule has 2 aromatic rings. The molecule has 0 bridgehead atoms. The molecule has 0 saturated carbocycles. The summed E-state index contributed by atoms with van der Waals surface area (Å²) in [7, 11) is -0.776. The highest BCUT2D eigenvalue weighted by Gasteiger charge is 2.34. The maximum Gasteiger partial charge on any atom is 0.241 e. The van der Waals surface area contributed by atoms with E-state index in [1.54, 1.807) is 19.2 Å². The Morgan fingerprint density at radius 1 is 1.09 bits per heavy atom. The van der Waals surface area contributed by atoms with Crippen LogP contribution in [0.2, 0.25) is 0 Å². The number of rotatable bonds is 10. The van der Waals surface area contributed by atoms with E-state index in [1.165, 1.54) is 19.2 Å². The maximum atomic E-state index is 12.8. The van der Waals surface area contributed by atoms with Crippen LogP contribution in [0, 0.1) is 0 Å². The lowest BCUT2D eigenvalue weighted by atomic mass is 9.98. The number of benzene rings is 2. The molecule has 0 radical (unpaired) electrons. The molecular weight excluding hydrogens is 448 g/mol. The second kappa shape index (κ2) is 11.5. The van der Waals surface area contributed by atoms with E-state index in [9.17, 15) is 18.3 Å². The molecule has 10 heteroatoms. The third kappa shape index (κ3) is 6.91. The number of methoxy groups -OCH3 is 2. The van der Waals surface area contributed by atoms with Crippen molar-refractivity contribution in [3.05, 3.63) is 54.1 Å². The minimum absolute atomic E-state index is 0.0681. The van der Waals surface area contributed by atoms with Crippen LogP contribution in [0.1, 0.15) is 24.8 Å². The zero-order chi connectivity index (χ0) is 23.8. The van der Waals surface area contributed by atoms with E-state index in [1.807, 2.05) is 24.3 Å². The van der Waals surface area contributed by atoms with Crippen LogP contribution in [0.25, 0.3) is 0 Å². The van der Waals surface area contributed by atoms with Crippen LogP contribution in [0.5, 0.6) is 11.5 Å². The lowest BCUT2D eigenvalue weighted by molar-refractivity contribution is -0.130. The van der Waals surface area contributed by atoms with Crippen molar-refractivity contribution in [1.82, 2.24) is 10.0 Å². The van der Waals surface area contributed by atoms with Gasteiger partial charge in [-0.3, -0.25) is 4.79 Å². The summed E-state index contributed by atoms with van der Waals surface area (Å²) in [6, 6.07) is 12.9. The Morgan fingerprint density at radius 3 is 2.48 bits per heavy atom. The normalized spacial score (nSPS) is 20.8. The van der Waals surface area contributed by atoms with Crippen LogP contribution in [-0.4, -0.2) is 58.5 Å². The molecule has 1 heterocycles. The second-order valence-corrected chi connectivity index (χ2v) is 9.51. The molecule has 0 spiro atoms. The van der Waals surface area contributed by atoms with Crippen molar-refractivity contribution in [2.24, 2.45) is 0 Å². The molecule has 3 rings (SSSR count). The van der Waals surface area contributed by atoms with E-state index in [4.69, 9.17) is 14.2 Å². The fourth-order valence-electron chi connectivity index (χ4n) is 3.68. The molecule has 1 saturated heterocycles. The van der Waals surface area contributed by atoms with Crippen molar-refractivity contribution >= 4 is 15.9 Å². The molecule has 0 aromatic heterocycles. The van der Waals surface area contributed by atoms with Crippen LogP contribution < -0.4 is 19.5 Å². The zero-order valence-electron chi connectivity index (χ0n) is 18.7. The zero-order valence-corrected chi connectivity index (χ0v) is 19.5. The third-order valence-electron chi connectivity index (χ3n) is 5.52. The first-order valence-electron chi connectivity index (χ1n) is 10.7. The highest BCUT2D eigenvalue weighted by Crippen LogP contribution is 2.24. The van der Waals surface area contributed by atoms with Crippen molar-refractivity contribution in [3.8, 4) is 11.5 Å². The van der Waals surface area contributed by atoms with Crippen molar-refractivity contribution in [1.29, 1.82) is 0 Å². The lowest BCUT2D eigenvalue weighted by Crippen LogP contribution is -2.51. The van der Waals surface area contributed by atoms with Gasteiger partial charge < -0.3 is 24.6 Å². The maximum absolute atomic E-state index is 12.8. The van der Waals surface area contributed by atoms with Crippen molar-refractivity contribution in [2.45, 2.75) is 49.0 Å². The molecule has 3 N–H and O–H groups in total. The predicted molar refractivity (Wildman–Crippen MR) is 122 cm³/mol. The number of hydrogen-bond acceptors (Lipinski definition) is 7. The number of nitrogens with one attached hydrogen (secondary N) is 2. The number of carbonyl (C=O) groups excluding carboxylic acids is 1. The largest absolute Gasteiger partial charge is 0.497 e. The summed E-state index contributed by atoms with van der Waals surface area (Å²) in [6.45, 7) is 0.0111. The molecule has 9 nitrogen and oxygen atoms in total. The van der Waals surface area contributed by atoms with E-state index in [-0.39, 0.29) is 23.8 Å². The molecule has 1 fully saturated rings. The fraction of sp³-hybridized carbons (Fsp3) is 0.435. The first-order valence-corrected chi connectivity index (χ1v) is 12.1. The molecule has 180 valence electrons. The van der Waals surface area contributed by atoms with Gasteiger partial charge in [0.1, 0.15) is 11.5 Å². The van der Waals surface area contributed by atoms with Gasteiger partial charge in [0, 0.05) is 12.6 Å². The van der Waals surface area contributed by atoms with Gasteiger partial charge in [-0.15, -0.1) is 0 Å². The van der Waals surface area contributed by atoms with Gasteiger partial charge in [-0.2, -0.15) is 0 Å². The summed E-state index contributed by atoms with van der Waals surface area (Å²) in [5, 5.41) is 12.6. The van der Waals surface area contributed by atoms with E-state index < -0.39 is 28.3 Å². The molecule has 1 aliphatic heterocycles. The summed E-state index contributed by atoms with van der Waals surface area (Å²) >= 11 is 0. The Labute approximate surface area is 194 Å². The van der Waals surface area contributed by atoms with E-state index in [0.717, 1.165) is 11.3 Å². The Bertz CT molecular complexity index is 1030. The Balaban J connectivity index is 1.52. The third-order valence-corrected chi connectivity index (χ3v) is 7.00. The number of sulfonamides is 1. The number of aliphatic hydroxyl groups is 1. The summed E-state index contributed by atoms with van der Waals surface area (Å²) in [4.78, 5) is 12.4. The molecule has 3 atom stereocenters. The van der Waals surface area contributed by atoms with Gasteiger partial charge >= 0.3 is 0 Å². The summed E-state index contributed by atoms with van der Waals surface area (Å²) < 4.78 is 44.2. The molecule has 0 aliphatic carbocycles. The van der Waals surface area contributed by atoms with Crippen LogP contribution in [0.15, 0.2) is 53.4 Å². The molecule has 33 heavy (non-hydrogen) atoms. The summed E-state index contributed by atoms with van der Waals surface area (Å²) in [5.74, 6) is 0.993. The van der Waals surface area contributed by atoms with Gasteiger partial charge in [0.15, 0.2) is 0 Å². The van der Waals surface area contributed by atoms with Gasteiger partial charge in [-0.05, 0) is 42.7 Å². The van der Waals surface area contributed by atoms with Crippen molar-refractivity contribution in [2.75, 3.05) is 20.8 Å². The van der Waals surface area contributed by atoms with E-state index >= 15 is 0 Å². The SMILES string of the molecule is COc1ccc(CNC(=O)C[C@@H]2CC[C@H](NS(=O)(=O)c3cccc(OC)c3)[C@H](CO)O2)cc1. The standard InChI is InChI=1S/C23H30N2O7S/c1-30-17-8-6-16(7-9-17)14-24-23(27)13-19-10-11-21(22(15-26)32-19)25-33(28,29)20-5-3-4-18(12-20)31-2/h3-9,12,19,21-22,25-26H,10-11,13-15H2,1-2H3,(H,24,27)/t19-,21-,22-/m0/s1. The topological polar surface area (TPSA) is 123 Å². The van der Waals surface area contributed by atoms with Gasteiger partial charge in [-0.1, -0.05) is 18.2 Å². The molecular formula is C23H30N2O7S. The van der Waals surface area contributed by atoms with Crippen LogP contribution >= 0.6 is 0 Å². The quantitative estimate of drug-likeness (QED) is 0.474. The van der Waals surface area contributed by atoms with Gasteiger partial charge in [-0.25, -0.2) is 13.1 Å². The van der Waals surface area contributed by atoms with Gasteiger partial charge in [0.05, 0.1) is 50.4 Å². The number of aliphatic hydroxyl groups excluding tert-OH is 1. The minimum atomic E-state index is -3.83. The van der Waals surface area contributed by atoms with Gasteiger partial charge in [0.25, 0.3) is 0 Å². The number of amides is 1. The highest BCUT2D eigenvalue weighted by atomic mass is 32.2. The average molecular weight is 479 g/mol. The molecule has 0 unspecified atom stereocenters. The first-order chi connectivity index (χ1) is 15.8. The van der Waals surface area contributed by atoms with Crippen LogP contribution in [0.4, 0.5) is 0 Å². The summed E-state index contributed by atoms with van der Waals surface area (Å²) in [5.41, 5.74) is 0.939. The smallest absolute Gasteiger partial charge is 0.241 e. The second-order valence-electron chi connectivity index (χ2n) is 7.79. The number of hydrogen-bond donors (Lipinski definition) is 3. The fourth-order valence-corrected chi connectivity index (χ4v) is 5.01. The van der Waals surface area contributed by atoms with Gasteiger partial charge in [0.2, 0.25) is 15.9 Å². The van der Waals surface area contributed by atoms with E-state index in [2.05, 4.69) is 10.0 Å². The molecule has 1 aliphatic rings.